The lowest BCUT2D eigenvalue weighted by molar-refractivity contribution is -0.116. The van der Waals surface area contributed by atoms with Crippen LogP contribution in [-0.2, 0) is 27.9 Å². The van der Waals surface area contributed by atoms with Gasteiger partial charge in [-0.1, -0.05) is 15.9 Å². The number of benzene rings is 1. The van der Waals surface area contributed by atoms with Crippen molar-refractivity contribution in [3.05, 3.63) is 57.4 Å². The summed E-state index contributed by atoms with van der Waals surface area (Å²) in [5.41, 5.74) is 3.16. The number of carbonyl (C=O) groups is 1. The first kappa shape index (κ1) is 22.9. The average Bonchev–Trinajstić information content (AvgIpc) is 3.48. The summed E-state index contributed by atoms with van der Waals surface area (Å²) in [7, 11) is -3.84. The molecule has 10 nitrogen and oxygen atoms in total. The van der Waals surface area contributed by atoms with Crippen LogP contribution in [0.25, 0.3) is 22.1 Å². The van der Waals surface area contributed by atoms with Crippen molar-refractivity contribution in [2.75, 3.05) is 5.75 Å². The van der Waals surface area contributed by atoms with Gasteiger partial charge in [-0.05, 0) is 43.5 Å². The number of ketones is 1. The standard InChI is InChI=1S/C22H23BrN6O4S/c23-14-3-6-18-17(10-14)26-21(27(18)9-1-2-16(30)13-34(24,32)33)12-28-20-11-25-8-7-19(20)29(22(28)31)15-4-5-15/h3,6-8,10-11,15H,1-2,4-5,9,12-13H2,(H2,24,32,33). The molecule has 1 aromatic carbocycles. The molecule has 1 saturated carbocycles. The fraction of sp³-hybridized carbons (Fsp3) is 0.364. The third-order valence-electron chi connectivity index (χ3n) is 5.97. The van der Waals surface area contributed by atoms with E-state index in [1.54, 1.807) is 17.0 Å². The van der Waals surface area contributed by atoms with Crippen LogP contribution < -0.4 is 10.8 Å². The van der Waals surface area contributed by atoms with Crippen molar-refractivity contribution in [2.24, 2.45) is 5.14 Å². The Morgan fingerprint density at radius 1 is 1.15 bits per heavy atom. The van der Waals surface area contributed by atoms with Crippen molar-refractivity contribution >= 4 is 53.8 Å². The molecular weight excluding hydrogens is 524 g/mol. The number of hydrogen-bond acceptors (Lipinski definition) is 6. The summed E-state index contributed by atoms with van der Waals surface area (Å²) in [6, 6.07) is 7.83. The molecule has 1 aliphatic rings. The van der Waals surface area contributed by atoms with Crippen LogP contribution in [0.1, 0.15) is 37.5 Å². The summed E-state index contributed by atoms with van der Waals surface area (Å²) < 4.78 is 28.8. The lowest BCUT2D eigenvalue weighted by Crippen LogP contribution is -2.25. The highest BCUT2D eigenvalue weighted by molar-refractivity contribution is 9.10. The molecule has 1 aliphatic carbocycles. The Hall–Kier alpha value is -2.83. The number of imidazole rings is 2. The molecule has 3 aromatic heterocycles. The van der Waals surface area contributed by atoms with Gasteiger partial charge >= 0.3 is 5.69 Å². The van der Waals surface area contributed by atoms with Gasteiger partial charge in [0, 0.05) is 29.7 Å². The SMILES string of the molecule is NS(=O)(=O)CC(=O)CCCn1c(Cn2c(=O)n(C3CC3)c3ccncc32)nc2cc(Br)ccc21. The molecule has 4 aromatic rings. The average molecular weight is 547 g/mol. The normalized spacial score (nSPS) is 14.3. The highest BCUT2D eigenvalue weighted by Crippen LogP contribution is 2.36. The quantitative estimate of drug-likeness (QED) is 0.342. The van der Waals surface area contributed by atoms with E-state index in [2.05, 4.69) is 20.9 Å². The van der Waals surface area contributed by atoms with E-state index < -0.39 is 21.6 Å². The Balaban J connectivity index is 1.50. The molecule has 0 amide bonds. The first-order chi connectivity index (χ1) is 16.2. The Labute approximate surface area is 203 Å². The number of nitrogens with zero attached hydrogens (tertiary/aromatic N) is 5. The van der Waals surface area contributed by atoms with E-state index in [9.17, 15) is 18.0 Å². The molecule has 5 rings (SSSR count). The van der Waals surface area contributed by atoms with Crippen LogP contribution in [0.2, 0.25) is 0 Å². The molecule has 0 unspecified atom stereocenters. The van der Waals surface area contributed by atoms with Crippen LogP contribution in [0.3, 0.4) is 0 Å². The maximum atomic E-state index is 13.3. The zero-order valence-electron chi connectivity index (χ0n) is 18.2. The third kappa shape index (κ3) is 4.57. The molecule has 178 valence electrons. The minimum atomic E-state index is -3.84. The lowest BCUT2D eigenvalue weighted by Gasteiger charge is -2.10. The number of nitrogens with two attached hydrogens (primary N) is 1. The van der Waals surface area contributed by atoms with Gasteiger partial charge in [0.2, 0.25) is 10.0 Å². The first-order valence-corrected chi connectivity index (χ1v) is 13.4. The number of Topliss-reactive ketones (excluding diaryl/α,β-unsaturated/α-hetero) is 1. The van der Waals surface area contributed by atoms with Gasteiger partial charge in [0.15, 0.2) is 0 Å². The van der Waals surface area contributed by atoms with E-state index in [-0.39, 0.29) is 24.7 Å². The number of aryl methyl sites for hydroxylation is 1. The fourth-order valence-corrected chi connectivity index (χ4v) is 5.30. The highest BCUT2D eigenvalue weighted by Gasteiger charge is 2.29. The molecule has 2 N–H and O–H groups in total. The van der Waals surface area contributed by atoms with Gasteiger partial charge in [0.25, 0.3) is 0 Å². The number of carbonyl (C=O) groups excluding carboxylic acids is 1. The summed E-state index contributed by atoms with van der Waals surface area (Å²) in [6.45, 7) is 0.691. The monoisotopic (exact) mass is 546 g/mol. The van der Waals surface area contributed by atoms with Gasteiger partial charge in [-0.3, -0.25) is 18.9 Å². The summed E-state index contributed by atoms with van der Waals surface area (Å²) in [6.07, 6.45) is 5.86. The summed E-state index contributed by atoms with van der Waals surface area (Å²) >= 11 is 3.47. The van der Waals surface area contributed by atoms with Crippen LogP contribution in [-0.4, -0.2) is 43.6 Å². The summed E-state index contributed by atoms with van der Waals surface area (Å²) in [5.74, 6) is -0.417. The highest BCUT2D eigenvalue weighted by atomic mass is 79.9. The molecule has 0 radical (unpaired) electrons. The van der Waals surface area contributed by atoms with E-state index in [0.29, 0.717) is 18.8 Å². The Morgan fingerprint density at radius 3 is 2.68 bits per heavy atom. The molecule has 12 heteroatoms. The van der Waals surface area contributed by atoms with Gasteiger partial charge in [0.05, 0.1) is 34.8 Å². The molecule has 0 atom stereocenters. The van der Waals surface area contributed by atoms with Crippen LogP contribution in [0.15, 0.2) is 45.9 Å². The number of primary sulfonamides is 1. The van der Waals surface area contributed by atoms with Crippen LogP contribution in [0, 0.1) is 0 Å². The van der Waals surface area contributed by atoms with Gasteiger partial charge in [-0.2, -0.15) is 0 Å². The predicted octanol–water partition coefficient (Wildman–Crippen LogP) is 2.33. The topological polar surface area (TPSA) is 135 Å². The number of sulfonamides is 1. The lowest BCUT2D eigenvalue weighted by atomic mass is 10.2. The summed E-state index contributed by atoms with van der Waals surface area (Å²) in [4.78, 5) is 34.3. The van der Waals surface area contributed by atoms with Crippen molar-refractivity contribution in [1.29, 1.82) is 0 Å². The largest absolute Gasteiger partial charge is 0.329 e. The number of hydrogen-bond donors (Lipinski definition) is 1. The maximum Gasteiger partial charge on any atom is 0.329 e. The van der Waals surface area contributed by atoms with E-state index in [0.717, 1.165) is 39.4 Å². The number of halogens is 1. The predicted molar refractivity (Wildman–Crippen MR) is 131 cm³/mol. The molecule has 0 bridgehead atoms. The second-order valence-corrected chi connectivity index (χ2v) is 11.1. The van der Waals surface area contributed by atoms with Crippen molar-refractivity contribution < 1.29 is 13.2 Å². The van der Waals surface area contributed by atoms with Crippen LogP contribution in [0.5, 0.6) is 0 Å². The van der Waals surface area contributed by atoms with Crippen LogP contribution in [0.4, 0.5) is 0 Å². The van der Waals surface area contributed by atoms with E-state index >= 15 is 0 Å². The van der Waals surface area contributed by atoms with Gasteiger partial charge in [-0.25, -0.2) is 23.3 Å². The van der Waals surface area contributed by atoms with Crippen molar-refractivity contribution in [1.82, 2.24) is 23.7 Å². The first-order valence-electron chi connectivity index (χ1n) is 10.9. The molecule has 34 heavy (non-hydrogen) atoms. The number of pyridine rings is 1. The molecule has 1 fully saturated rings. The van der Waals surface area contributed by atoms with Crippen molar-refractivity contribution in [3.8, 4) is 0 Å². The number of aromatic nitrogens is 5. The zero-order chi connectivity index (χ0) is 24.0. The van der Waals surface area contributed by atoms with E-state index in [4.69, 9.17) is 10.1 Å². The molecule has 3 heterocycles. The third-order valence-corrected chi connectivity index (χ3v) is 7.18. The molecular formula is C22H23BrN6O4S. The molecule has 0 aliphatic heterocycles. The smallest absolute Gasteiger partial charge is 0.326 e. The van der Waals surface area contributed by atoms with Crippen LogP contribution >= 0.6 is 15.9 Å². The second kappa shape index (κ2) is 8.75. The van der Waals surface area contributed by atoms with Crippen molar-refractivity contribution in [2.45, 2.75) is 44.8 Å². The minimum absolute atomic E-state index is 0.0803. The minimum Gasteiger partial charge on any atom is -0.326 e. The van der Waals surface area contributed by atoms with Gasteiger partial charge in [0.1, 0.15) is 17.4 Å². The van der Waals surface area contributed by atoms with E-state index in [1.165, 1.54) is 0 Å². The molecule has 0 saturated heterocycles. The Kier molecular flexibility index (Phi) is 5.90. The molecule has 0 spiro atoms. The zero-order valence-corrected chi connectivity index (χ0v) is 20.6. The number of fused-ring (bicyclic) bond motifs is 2. The number of rotatable bonds is 9. The van der Waals surface area contributed by atoms with Gasteiger partial charge in [-0.15, -0.1) is 0 Å². The second-order valence-electron chi connectivity index (χ2n) is 8.60. The summed E-state index contributed by atoms with van der Waals surface area (Å²) in [5, 5.41) is 4.98. The van der Waals surface area contributed by atoms with E-state index in [1.807, 2.05) is 33.4 Å². The Morgan fingerprint density at radius 2 is 1.94 bits per heavy atom. The van der Waals surface area contributed by atoms with Crippen molar-refractivity contribution in [3.63, 3.8) is 0 Å². The van der Waals surface area contributed by atoms with Gasteiger partial charge < -0.3 is 4.57 Å². The fourth-order valence-electron chi connectivity index (χ4n) is 4.36. The Bertz CT molecular complexity index is 1580. The maximum absolute atomic E-state index is 13.3.